The Balaban J connectivity index is 2.11. The van der Waals surface area contributed by atoms with Gasteiger partial charge < -0.3 is 4.74 Å². The minimum absolute atomic E-state index is 0.0890. The lowest BCUT2D eigenvalue weighted by molar-refractivity contribution is 0.0136. The van der Waals surface area contributed by atoms with Crippen molar-refractivity contribution < 1.29 is 4.74 Å². The zero-order chi connectivity index (χ0) is 10.8. The third kappa shape index (κ3) is 2.33. The maximum Gasteiger partial charge on any atom is 0.111 e. The number of halogens is 1. The van der Waals surface area contributed by atoms with Crippen LogP contribution in [0.2, 0.25) is 5.02 Å². The Morgan fingerprint density at radius 3 is 2.73 bits per heavy atom. The number of hydrogen-bond donors (Lipinski definition) is 1. The van der Waals surface area contributed by atoms with Crippen molar-refractivity contribution in [3.8, 4) is 0 Å². The summed E-state index contributed by atoms with van der Waals surface area (Å²) in [6.45, 7) is 5.13. The molecule has 1 N–H and O–H groups in total. The van der Waals surface area contributed by atoms with Crippen molar-refractivity contribution in [2.24, 2.45) is 5.92 Å². The number of rotatable bonds is 2. The normalized spacial score (nSPS) is 26.1. The van der Waals surface area contributed by atoms with Gasteiger partial charge in [0.05, 0.1) is 6.10 Å². The molecule has 82 valence electrons. The van der Waals surface area contributed by atoms with Crippen LogP contribution in [0.1, 0.15) is 25.5 Å². The first-order chi connectivity index (χ1) is 7.18. The van der Waals surface area contributed by atoms with Crippen molar-refractivity contribution in [2.45, 2.75) is 26.2 Å². The lowest BCUT2D eigenvalue weighted by Crippen LogP contribution is -2.27. The van der Waals surface area contributed by atoms with Crippen LogP contribution in [0.4, 0.5) is 0 Å². The second kappa shape index (κ2) is 4.52. The monoisotopic (exact) mass is 225 g/mol. The van der Waals surface area contributed by atoms with Crippen LogP contribution in [0.3, 0.4) is 0 Å². The van der Waals surface area contributed by atoms with E-state index in [-0.39, 0.29) is 12.3 Å². The van der Waals surface area contributed by atoms with Crippen LogP contribution in [0, 0.1) is 5.92 Å². The van der Waals surface area contributed by atoms with E-state index in [4.69, 9.17) is 16.3 Å². The highest BCUT2D eigenvalue weighted by molar-refractivity contribution is 6.31. The topological polar surface area (TPSA) is 21.3 Å². The molecule has 1 saturated heterocycles. The van der Waals surface area contributed by atoms with Crippen LogP contribution < -0.4 is 5.32 Å². The molecule has 0 radical (unpaired) electrons. The third-order valence-electron chi connectivity index (χ3n) is 2.67. The molecule has 2 atom stereocenters. The standard InChI is InChI=1S/C12H16ClNO/c1-8(2)12-14-7-11(15-12)9-5-3-4-6-10(9)13/h3-6,8,11-12,14H,7H2,1-2H3. The van der Waals surface area contributed by atoms with Crippen LogP contribution in [0.25, 0.3) is 0 Å². The van der Waals surface area contributed by atoms with Gasteiger partial charge in [-0.1, -0.05) is 43.6 Å². The number of hydrogen-bond acceptors (Lipinski definition) is 2. The fourth-order valence-electron chi connectivity index (χ4n) is 1.81. The molecule has 1 aliphatic rings. The molecule has 2 nitrogen and oxygen atoms in total. The molecule has 3 heteroatoms. The summed E-state index contributed by atoms with van der Waals surface area (Å²) in [6, 6.07) is 7.86. The van der Waals surface area contributed by atoms with Crippen molar-refractivity contribution >= 4 is 11.6 Å². The van der Waals surface area contributed by atoms with Crippen LogP contribution in [-0.4, -0.2) is 12.8 Å². The van der Waals surface area contributed by atoms with Crippen molar-refractivity contribution in [1.29, 1.82) is 0 Å². The summed E-state index contributed by atoms with van der Waals surface area (Å²) in [5.41, 5.74) is 1.08. The van der Waals surface area contributed by atoms with Gasteiger partial charge in [0.15, 0.2) is 0 Å². The second-order valence-electron chi connectivity index (χ2n) is 4.22. The molecule has 1 heterocycles. The minimum atomic E-state index is 0.0890. The highest BCUT2D eigenvalue weighted by Crippen LogP contribution is 2.30. The zero-order valence-corrected chi connectivity index (χ0v) is 9.79. The van der Waals surface area contributed by atoms with Gasteiger partial charge in [-0.15, -0.1) is 0 Å². The summed E-state index contributed by atoms with van der Waals surface area (Å²) in [5, 5.41) is 4.14. The fourth-order valence-corrected chi connectivity index (χ4v) is 2.07. The van der Waals surface area contributed by atoms with Crippen molar-refractivity contribution in [2.75, 3.05) is 6.54 Å². The summed E-state index contributed by atoms with van der Waals surface area (Å²) >= 11 is 6.12. The van der Waals surface area contributed by atoms with Gasteiger partial charge in [0, 0.05) is 17.1 Å². The van der Waals surface area contributed by atoms with Gasteiger partial charge in [-0.3, -0.25) is 5.32 Å². The van der Waals surface area contributed by atoms with Crippen molar-refractivity contribution in [1.82, 2.24) is 5.32 Å². The van der Waals surface area contributed by atoms with E-state index >= 15 is 0 Å². The Morgan fingerprint density at radius 2 is 2.13 bits per heavy atom. The Hall–Kier alpha value is -0.570. The lowest BCUT2D eigenvalue weighted by Gasteiger charge is -2.16. The molecule has 0 bridgehead atoms. The van der Waals surface area contributed by atoms with E-state index in [0.717, 1.165) is 17.1 Å². The predicted molar refractivity (Wildman–Crippen MR) is 61.9 cm³/mol. The van der Waals surface area contributed by atoms with Gasteiger partial charge in [0.2, 0.25) is 0 Å². The molecular weight excluding hydrogens is 210 g/mol. The molecule has 0 spiro atoms. The van der Waals surface area contributed by atoms with E-state index in [0.29, 0.717) is 5.92 Å². The molecule has 1 aliphatic heterocycles. The van der Waals surface area contributed by atoms with E-state index < -0.39 is 0 Å². The quantitative estimate of drug-likeness (QED) is 0.836. The smallest absolute Gasteiger partial charge is 0.111 e. The van der Waals surface area contributed by atoms with Crippen LogP contribution >= 0.6 is 11.6 Å². The zero-order valence-electron chi connectivity index (χ0n) is 9.03. The lowest BCUT2D eigenvalue weighted by atomic mass is 10.1. The van der Waals surface area contributed by atoms with Gasteiger partial charge in [-0.2, -0.15) is 0 Å². The number of ether oxygens (including phenoxy) is 1. The Morgan fingerprint density at radius 1 is 1.40 bits per heavy atom. The van der Waals surface area contributed by atoms with Gasteiger partial charge in [-0.05, 0) is 12.0 Å². The van der Waals surface area contributed by atoms with E-state index in [9.17, 15) is 0 Å². The van der Waals surface area contributed by atoms with Crippen molar-refractivity contribution in [3.05, 3.63) is 34.9 Å². The van der Waals surface area contributed by atoms with Crippen LogP contribution in [-0.2, 0) is 4.74 Å². The summed E-state index contributed by atoms with van der Waals surface area (Å²) in [6.07, 6.45) is 0.234. The van der Waals surface area contributed by atoms with Gasteiger partial charge in [0.25, 0.3) is 0 Å². The van der Waals surface area contributed by atoms with Gasteiger partial charge in [-0.25, -0.2) is 0 Å². The summed E-state index contributed by atoms with van der Waals surface area (Å²) in [4.78, 5) is 0. The maximum atomic E-state index is 6.12. The summed E-state index contributed by atoms with van der Waals surface area (Å²) in [5.74, 6) is 0.484. The highest BCUT2D eigenvalue weighted by Gasteiger charge is 2.28. The maximum absolute atomic E-state index is 6.12. The van der Waals surface area contributed by atoms with Gasteiger partial charge in [0.1, 0.15) is 6.23 Å². The molecular formula is C12H16ClNO. The largest absolute Gasteiger partial charge is 0.354 e. The summed E-state index contributed by atoms with van der Waals surface area (Å²) in [7, 11) is 0. The first-order valence-electron chi connectivity index (χ1n) is 5.31. The molecule has 1 fully saturated rings. The highest BCUT2D eigenvalue weighted by atomic mass is 35.5. The number of benzene rings is 1. The first kappa shape index (κ1) is 10.9. The molecule has 2 rings (SSSR count). The molecule has 0 saturated carbocycles. The molecule has 0 amide bonds. The average molecular weight is 226 g/mol. The van der Waals surface area contributed by atoms with Crippen molar-refractivity contribution in [3.63, 3.8) is 0 Å². The summed E-state index contributed by atoms with van der Waals surface area (Å²) < 4.78 is 5.89. The first-order valence-corrected chi connectivity index (χ1v) is 5.69. The van der Waals surface area contributed by atoms with E-state index in [1.54, 1.807) is 0 Å². The fraction of sp³-hybridized carbons (Fsp3) is 0.500. The SMILES string of the molecule is CC(C)C1NCC(c2ccccc2Cl)O1. The number of nitrogens with one attached hydrogen (secondary N) is 1. The third-order valence-corrected chi connectivity index (χ3v) is 3.02. The molecule has 15 heavy (non-hydrogen) atoms. The molecule has 0 aromatic heterocycles. The Labute approximate surface area is 95.6 Å². The van der Waals surface area contributed by atoms with Crippen LogP contribution in [0.15, 0.2) is 24.3 Å². The Kier molecular flexibility index (Phi) is 3.29. The van der Waals surface area contributed by atoms with E-state index in [2.05, 4.69) is 19.2 Å². The second-order valence-corrected chi connectivity index (χ2v) is 4.63. The van der Waals surface area contributed by atoms with E-state index in [1.165, 1.54) is 0 Å². The van der Waals surface area contributed by atoms with Crippen LogP contribution in [0.5, 0.6) is 0 Å². The Bertz CT molecular complexity index is 340. The predicted octanol–water partition coefficient (Wildman–Crippen LogP) is 2.98. The van der Waals surface area contributed by atoms with Gasteiger partial charge >= 0.3 is 0 Å². The molecule has 0 aliphatic carbocycles. The average Bonchev–Trinajstić information content (AvgIpc) is 2.67. The van der Waals surface area contributed by atoms with E-state index in [1.807, 2.05) is 24.3 Å². The minimum Gasteiger partial charge on any atom is -0.354 e. The molecule has 2 unspecified atom stereocenters. The molecule has 1 aromatic rings. The molecule has 1 aromatic carbocycles.